The number of carbonyl (C=O) groups is 3. The van der Waals surface area contributed by atoms with Crippen molar-refractivity contribution in [3.63, 3.8) is 0 Å². The van der Waals surface area contributed by atoms with Crippen LogP contribution in [0.15, 0.2) is 41.5 Å². The molecule has 35 heavy (non-hydrogen) atoms. The summed E-state index contributed by atoms with van der Waals surface area (Å²) in [5, 5.41) is 9.23. The molecule has 188 valence electrons. The number of ether oxygens (including phenoxy) is 2. The van der Waals surface area contributed by atoms with E-state index in [4.69, 9.17) is 9.47 Å². The van der Waals surface area contributed by atoms with Crippen molar-refractivity contribution in [2.24, 2.45) is 5.10 Å². The van der Waals surface area contributed by atoms with Crippen LogP contribution < -0.4 is 25.5 Å². The average molecular weight is 594 g/mol. The summed E-state index contributed by atoms with van der Waals surface area (Å²) in [5.41, 5.74) is 4.71. The van der Waals surface area contributed by atoms with E-state index in [1.54, 1.807) is 12.1 Å². The maximum Gasteiger partial charge on any atom is 0.329 e. The predicted molar refractivity (Wildman–Crippen MR) is 144 cm³/mol. The Hall–Kier alpha value is -3.15. The van der Waals surface area contributed by atoms with Crippen molar-refractivity contribution in [2.75, 3.05) is 18.5 Å². The standard InChI is InChI=1S/C25H31IN4O5/c1-5-16(4)28-24(32)25(33)30-27-14-18-12-20(26)23(21(13-18)34-7-3)35-15-22(31)29-19-10-8-17(6-2)9-11-19/h8-14,16H,5-7,15H2,1-4H3,(H,28,32)(H,29,31)(H,30,33)/b27-14-/t16-/m0/s1. The average Bonchev–Trinajstić information content (AvgIpc) is 2.84. The summed E-state index contributed by atoms with van der Waals surface area (Å²) >= 11 is 2.07. The quantitative estimate of drug-likeness (QED) is 0.159. The largest absolute Gasteiger partial charge is 0.490 e. The van der Waals surface area contributed by atoms with Crippen molar-refractivity contribution in [3.8, 4) is 11.5 Å². The predicted octanol–water partition coefficient (Wildman–Crippen LogP) is 3.63. The second kappa shape index (κ2) is 14.3. The summed E-state index contributed by atoms with van der Waals surface area (Å²) < 4.78 is 12.1. The van der Waals surface area contributed by atoms with Crippen LogP contribution in [0.25, 0.3) is 0 Å². The smallest absolute Gasteiger partial charge is 0.329 e. The lowest BCUT2D eigenvalue weighted by Crippen LogP contribution is -2.41. The summed E-state index contributed by atoms with van der Waals surface area (Å²) in [5.74, 6) is -1.03. The van der Waals surface area contributed by atoms with E-state index in [-0.39, 0.29) is 18.6 Å². The third-order valence-electron chi connectivity index (χ3n) is 4.90. The van der Waals surface area contributed by atoms with Crippen LogP contribution >= 0.6 is 22.6 Å². The number of halogens is 1. The van der Waals surface area contributed by atoms with E-state index in [9.17, 15) is 14.4 Å². The van der Waals surface area contributed by atoms with Crippen LogP contribution in [0.1, 0.15) is 45.2 Å². The van der Waals surface area contributed by atoms with E-state index in [0.717, 1.165) is 6.42 Å². The third-order valence-corrected chi connectivity index (χ3v) is 5.70. The highest BCUT2D eigenvalue weighted by Crippen LogP contribution is 2.34. The first-order chi connectivity index (χ1) is 16.8. The molecule has 10 heteroatoms. The fraction of sp³-hybridized carbons (Fsp3) is 0.360. The van der Waals surface area contributed by atoms with Crippen molar-refractivity contribution in [2.45, 2.75) is 46.6 Å². The number of rotatable bonds is 11. The van der Waals surface area contributed by atoms with Gasteiger partial charge in [0.2, 0.25) is 0 Å². The van der Waals surface area contributed by atoms with Crippen LogP contribution in [-0.2, 0) is 20.8 Å². The Bertz CT molecular complexity index is 1060. The number of nitrogens with zero attached hydrogens (tertiary/aromatic N) is 1. The SMILES string of the molecule is CCOc1cc(/C=N\NC(=O)C(=O)N[C@@H](C)CC)cc(I)c1OCC(=O)Nc1ccc(CC)cc1. The van der Waals surface area contributed by atoms with Crippen LogP contribution in [0.5, 0.6) is 11.5 Å². The monoisotopic (exact) mass is 594 g/mol. The van der Waals surface area contributed by atoms with Gasteiger partial charge >= 0.3 is 11.8 Å². The van der Waals surface area contributed by atoms with Gasteiger partial charge < -0.3 is 20.1 Å². The number of hydrogen-bond acceptors (Lipinski definition) is 6. The number of amides is 3. The van der Waals surface area contributed by atoms with Gasteiger partial charge in [-0.15, -0.1) is 0 Å². The van der Waals surface area contributed by atoms with E-state index < -0.39 is 11.8 Å². The van der Waals surface area contributed by atoms with Crippen LogP contribution in [0.2, 0.25) is 0 Å². The Morgan fingerprint density at radius 3 is 2.40 bits per heavy atom. The first kappa shape index (κ1) is 28.1. The minimum Gasteiger partial charge on any atom is -0.490 e. The molecule has 0 aliphatic rings. The molecule has 0 bridgehead atoms. The molecule has 0 aliphatic carbocycles. The van der Waals surface area contributed by atoms with Gasteiger partial charge in [0.1, 0.15) is 0 Å². The number of hydrazone groups is 1. The van der Waals surface area contributed by atoms with Gasteiger partial charge in [0, 0.05) is 11.7 Å². The maximum atomic E-state index is 12.4. The molecule has 0 saturated heterocycles. The maximum absolute atomic E-state index is 12.4. The van der Waals surface area contributed by atoms with Gasteiger partial charge in [-0.3, -0.25) is 14.4 Å². The molecule has 0 fully saturated rings. The number of anilines is 1. The van der Waals surface area contributed by atoms with Crippen molar-refractivity contribution >= 4 is 52.2 Å². The van der Waals surface area contributed by atoms with E-state index in [1.165, 1.54) is 11.8 Å². The molecule has 1 atom stereocenters. The Morgan fingerprint density at radius 2 is 1.77 bits per heavy atom. The fourth-order valence-electron chi connectivity index (χ4n) is 2.83. The highest BCUT2D eigenvalue weighted by molar-refractivity contribution is 14.1. The molecular formula is C25H31IN4O5. The zero-order chi connectivity index (χ0) is 25.8. The topological polar surface area (TPSA) is 118 Å². The number of nitrogens with one attached hydrogen (secondary N) is 3. The second-order valence-electron chi connectivity index (χ2n) is 7.63. The molecule has 0 unspecified atom stereocenters. The van der Waals surface area contributed by atoms with Crippen LogP contribution in [0.4, 0.5) is 5.69 Å². The highest BCUT2D eigenvalue weighted by atomic mass is 127. The van der Waals surface area contributed by atoms with Crippen LogP contribution in [0, 0.1) is 3.57 Å². The molecular weight excluding hydrogens is 563 g/mol. The minimum absolute atomic E-state index is 0.108. The molecule has 3 amide bonds. The van der Waals surface area contributed by atoms with Crippen LogP contribution in [-0.4, -0.2) is 43.2 Å². The zero-order valence-corrected chi connectivity index (χ0v) is 22.5. The Balaban J connectivity index is 2.02. The summed E-state index contributed by atoms with van der Waals surface area (Å²) in [4.78, 5) is 36.0. The fourth-order valence-corrected chi connectivity index (χ4v) is 3.61. The van der Waals surface area contributed by atoms with Gasteiger partial charge in [-0.1, -0.05) is 26.0 Å². The van der Waals surface area contributed by atoms with E-state index >= 15 is 0 Å². The molecule has 9 nitrogen and oxygen atoms in total. The van der Waals surface area contributed by atoms with Crippen molar-refractivity contribution in [1.82, 2.24) is 10.7 Å². The lowest BCUT2D eigenvalue weighted by atomic mass is 10.1. The van der Waals surface area contributed by atoms with Crippen molar-refractivity contribution < 1.29 is 23.9 Å². The van der Waals surface area contributed by atoms with E-state index in [2.05, 4.69) is 50.7 Å². The van der Waals surface area contributed by atoms with Gasteiger partial charge in [0.05, 0.1) is 16.4 Å². The number of hydrogen-bond donors (Lipinski definition) is 3. The summed E-state index contributed by atoms with van der Waals surface area (Å²) in [7, 11) is 0. The van der Waals surface area contributed by atoms with Gasteiger partial charge in [0.25, 0.3) is 5.91 Å². The molecule has 3 N–H and O–H groups in total. The first-order valence-electron chi connectivity index (χ1n) is 11.4. The molecule has 0 saturated carbocycles. The zero-order valence-electron chi connectivity index (χ0n) is 20.3. The highest BCUT2D eigenvalue weighted by Gasteiger charge is 2.16. The lowest BCUT2D eigenvalue weighted by molar-refractivity contribution is -0.139. The van der Waals surface area contributed by atoms with Crippen molar-refractivity contribution in [3.05, 3.63) is 51.1 Å². The molecule has 0 aromatic heterocycles. The Kier molecular flexibility index (Phi) is 11.5. The lowest BCUT2D eigenvalue weighted by Gasteiger charge is -2.14. The molecule has 0 spiro atoms. The van der Waals surface area contributed by atoms with E-state index in [1.807, 2.05) is 45.0 Å². The number of benzene rings is 2. The van der Waals surface area contributed by atoms with Crippen LogP contribution in [0.3, 0.4) is 0 Å². The summed E-state index contributed by atoms with van der Waals surface area (Å²) in [6, 6.07) is 11.0. The molecule has 2 aromatic carbocycles. The van der Waals surface area contributed by atoms with Gasteiger partial charge in [-0.05, 0) is 84.7 Å². The van der Waals surface area contributed by atoms with E-state index in [0.29, 0.717) is 39.3 Å². The summed E-state index contributed by atoms with van der Waals surface area (Å²) in [6.07, 6.45) is 3.04. The third kappa shape index (κ3) is 9.19. The normalized spacial score (nSPS) is 11.6. The molecule has 0 aliphatic heterocycles. The molecule has 2 rings (SSSR count). The molecule has 0 radical (unpaired) electrons. The number of carbonyl (C=O) groups excluding carboxylic acids is 3. The minimum atomic E-state index is -0.850. The molecule has 0 heterocycles. The summed E-state index contributed by atoms with van der Waals surface area (Å²) in [6.45, 7) is 7.81. The Labute approximate surface area is 219 Å². The number of aryl methyl sites for hydroxylation is 1. The van der Waals surface area contributed by atoms with Gasteiger partial charge in [-0.2, -0.15) is 5.10 Å². The van der Waals surface area contributed by atoms with Gasteiger partial charge in [0.15, 0.2) is 18.1 Å². The Morgan fingerprint density at radius 1 is 1.06 bits per heavy atom. The van der Waals surface area contributed by atoms with Gasteiger partial charge in [-0.25, -0.2) is 5.43 Å². The second-order valence-corrected chi connectivity index (χ2v) is 8.79. The first-order valence-corrected chi connectivity index (χ1v) is 12.5. The van der Waals surface area contributed by atoms with Crippen molar-refractivity contribution in [1.29, 1.82) is 0 Å². The molecule has 2 aromatic rings.